The summed E-state index contributed by atoms with van der Waals surface area (Å²) in [5.41, 5.74) is 2.20. The van der Waals surface area contributed by atoms with Crippen molar-refractivity contribution in [3.05, 3.63) is 105 Å². The van der Waals surface area contributed by atoms with E-state index in [0.717, 1.165) is 63.5 Å². The fourth-order valence-electron chi connectivity index (χ4n) is 5.50. The lowest BCUT2D eigenvalue weighted by Crippen LogP contribution is -2.27. The highest BCUT2D eigenvalue weighted by Crippen LogP contribution is 2.26. The smallest absolute Gasteiger partial charge is 0.133 e. The van der Waals surface area contributed by atoms with Crippen molar-refractivity contribution in [3.8, 4) is 11.5 Å². The zero-order chi connectivity index (χ0) is 35.0. The maximum Gasteiger partial charge on any atom is 0.133 e. The Morgan fingerprint density at radius 3 is 1.08 bits per heavy atom. The van der Waals surface area contributed by atoms with Gasteiger partial charge in [-0.25, -0.2) is 9.97 Å². The number of aliphatic imine (C=N–C) groups is 4. The summed E-state index contributed by atoms with van der Waals surface area (Å²) in [6, 6.07) is 18.5. The number of hydrogen-bond donors (Lipinski definition) is 2. The van der Waals surface area contributed by atoms with E-state index < -0.39 is 0 Å². The quantitative estimate of drug-likeness (QED) is 0.228. The number of benzene rings is 2. The molecule has 50 heavy (non-hydrogen) atoms. The van der Waals surface area contributed by atoms with Gasteiger partial charge in [0.05, 0.1) is 0 Å². The summed E-state index contributed by atoms with van der Waals surface area (Å²) in [5.74, 6) is 1.97. The first-order valence-corrected chi connectivity index (χ1v) is 17.6. The maximum absolute atomic E-state index is 11.0. The largest absolute Gasteiger partial charge is 0.507 e. The second-order valence-corrected chi connectivity index (χ2v) is 12.6. The molecule has 10 nitrogen and oxygen atoms in total. The summed E-state index contributed by atoms with van der Waals surface area (Å²) in [6.45, 7) is 5.21. The van der Waals surface area contributed by atoms with E-state index in [1.807, 2.05) is 36.4 Å². The highest BCUT2D eigenvalue weighted by Gasteiger charge is 2.11. The molecule has 0 spiro atoms. The molecule has 0 radical (unpaired) electrons. The first-order valence-electron chi connectivity index (χ1n) is 16.8. The molecule has 0 atom stereocenters. The van der Waals surface area contributed by atoms with Gasteiger partial charge in [0.25, 0.3) is 0 Å². The number of rotatable bonds is 2. The monoisotopic (exact) mass is 712 g/mol. The molecular formula is C38H42Cl2N8O2. The molecule has 0 saturated carbocycles. The van der Waals surface area contributed by atoms with E-state index in [4.69, 9.17) is 23.2 Å². The fraction of sp³-hybridized carbons (Fsp3) is 0.316. The number of phenolic OH excluding ortho intramolecular Hbond substituents is 2. The number of nitrogens with zero attached hydrogens (tertiary/aromatic N) is 8. The predicted octanol–water partition coefficient (Wildman–Crippen LogP) is 7.16. The average molecular weight is 714 g/mol. The van der Waals surface area contributed by atoms with E-state index in [9.17, 15) is 10.2 Å². The number of pyridine rings is 2. The molecule has 0 saturated heterocycles. The van der Waals surface area contributed by atoms with E-state index in [2.05, 4.69) is 39.7 Å². The van der Waals surface area contributed by atoms with Gasteiger partial charge in [0.1, 0.15) is 23.1 Å². The first kappa shape index (κ1) is 36.5. The van der Waals surface area contributed by atoms with Crippen molar-refractivity contribution in [1.82, 2.24) is 9.97 Å². The van der Waals surface area contributed by atoms with Crippen LogP contribution < -0.4 is 9.80 Å². The molecule has 1 aliphatic heterocycles. The SMILES string of the molecule is Oc1c2cc(Cl)cc1C=NCCCN(c1ccccn1)CCCN=Cc1cc(Cl)cc(c1O)C=NCCCN(c1ccccn1)CCCN=C2. The Morgan fingerprint density at radius 2 is 0.800 bits per heavy atom. The zero-order valence-corrected chi connectivity index (χ0v) is 29.5. The first-order chi connectivity index (χ1) is 24.5. The Hall–Kier alpha value is -4.80. The van der Waals surface area contributed by atoms with Crippen LogP contribution in [0.25, 0.3) is 0 Å². The van der Waals surface area contributed by atoms with Gasteiger partial charge >= 0.3 is 0 Å². The Bertz CT molecular complexity index is 1570. The van der Waals surface area contributed by atoms with E-state index in [1.54, 1.807) is 61.5 Å². The van der Waals surface area contributed by atoms with Crippen molar-refractivity contribution in [3.63, 3.8) is 0 Å². The number of phenols is 2. The average Bonchev–Trinajstić information content (AvgIpc) is 3.12. The minimum atomic E-state index is 0.100. The second kappa shape index (κ2) is 19.4. The van der Waals surface area contributed by atoms with Crippen LogP contribution in [0.2, 0.25) is 10.0 Å². The molecule has 2 N–H and O–H groups in total. The highest BCUT2D eigenvalue weighted by molar-refractivity contribution is 6.31. The molecule has 3 heterocycles. The molecule has 0 amide bonds. The number of aromatic nitrogens is 2. The van der Waals surface area contributed by atoms with E-state index in [-0.39, 0.29) is 11.5 Å². The normalized spacial score (nSPS) is 15.8. The van der Waals surface area contributed by atoms with Crippen LogP contribution in [0.3, 0.4) is 0 Å². The molecule has 1 aliphatic rings. The Kier molecular flexibility index (Phi) is 14.2. The Labute approximate surface area is 303 Å². The number of hydrogen-bond acceptors (Lipinski definition) is 10. The van der Waals surface area contributed by atoms with Gasteiger partial charge in [-0.05, 0) is 74.2 Å². The van der Waals surface area contributed by atoms with Crippen LogP contribution in [0.5, 0.6) is 11.5 Å². The third-order valence-electron chi connectivity index (χ3n) is 8.00. The maximum atomic E-state index is 11.0. The molecule has 0 unspecified atom stereocenters. The lowest BCUT2D eigenvalue weighted by Gasteiger charge is -2.23. The molecule has 0 fully saturated rings. The third-order valence-corrected chi connectivity index (χ3v) is 8.43. The topological polar surface area (TPSA) is 122 Å². The second-order valence-electron chi connectivity index (χ2n) is 11.8. The van der Waals surface area contributed by atoms with Crippen LogP contribution in [0.1, 0.15) is 47.9 Å². The van der Waals surface area contributed by atoms with Crippen LogP contribution in [-0.2, 0) is 0 Å². The molecule has 4 bridgehead atoms. The van der Waals surface area contributed by atoms with Gasteiger partial charge in [0, 0.05) is 122 Å². The lowest BCUT2D eigenvalue weighted by molar-refractivity contribution is 0.473. The van der Waals surface area contributed by atoms with Gasteiger partial charge in [0.15, 0.2) is 0 Å². The number of halogens is 2. The van der Waals surface area contributed by atoms with E-state index in [1.165, 1.54) is 0 Å². The molecular weight excluding hydrogens is 671 g/mol. The van der Waals surface area contributed by atoms with Crippen molar-refractivity contribution in [2.45, 2.75) is 25.7 Å². The molecule has 260 valence electrons. The Balaban J connectivity index is 1.34. The zero-order valence-electron chi connectivity index (χ0n) is 28.0. The number of aromatic hydroxyl groups is 2. The molecule has 5 rings (SSSR count). The van der Waals surface area contributed by atoms with Crippen LogP contribution in [0.15, 0.2) is 93.0 Å². The standard InChI is InChI=1S/C38H42Cl2N8O2/c39-33-21-29-25-41-11-5-17-47(35-9-1-3-15-45-35)18-6-12-42-26-30-22-34(40)24-32(38(30)50)28-44-14-8-20-48(36-10-2-4-16-46-36)19-7-13-43-27-31(23-33)37(29)49/h1-4,9-10,15-16,21-28,49-50H,5-8,11-14,17-20H2. The summed E-state index contributed by atoms with van der Waals surface area (Å²) < 4.78 is 0. The Morgan fingerprint density at radius 1 is 0.480 bits per heavy atom. The van der Waals surface area contributed by atoms with Gasteiger partial charge in [-0.1, -0.05) is 35.3 Å². The third kappa shape index (κ3) is 11.1. The minimum absolute atomic E-state index is 0.100. The summed E-state index contributed by atoms with van der Waals surface area (Å²) in [4.78, 5) is 31.9. The lowest BCUT2D eigenvalue weighted by atomic mass is 10.1. The van der Waals surface area contributed by atoms with Gasteiger partial charge in [-0.2, -0.15) is 0 Å². The number of anilines is 2. The summed E-state index contributed by atoms with van der Waals surface area (Å²) in [6.07, 6.45) is 13.4. The molecule has 0 aliphatic carbocycles. The van der Waals surface area contributed by atoms with E-state index >= 15 is 0 Å². The fourth-order valence-corrected chi connectivity index (χ4v) is 5.97. The van der Waals surface area contributed by atoms with Crippen LogP contribution in [0, 0.1) is 0 Å². The van der Waals surface area contributed by atoms with Crippen molar-refractivity contribution in [2.24, 2.45) is 20.0 Å². The van der Waals surface area contributed by atoms with Crippen molar-refractivity contribution < 1.29 is 10.2 Å². The molecule has 2 aromatic heterocycles. The summed E-state index contributed by atoms with van der Waals surface area (Å²) in [7, 11) is 0. The van der Waals surface area contributed by atoms with Gasteiger partial charge in [0.2, 0.25) is 0 Å². The predicted molar refractivity (Wildman–Crippen MR) is 207 cm³/mol. The molecule has 2 aromatic carbocycles. The van der Waals surface area contributed by atoms with Crippen LogP contribution in [0.4, 0.5) is 11.6 Å². The molecule has 12 heteroatoms. The van der Waals surface area contributed by atoms with Crippen molar-refractivity contribution in [2.75, 3.05) is 62.2 Å². The van der Waals surface area contributed by atoms with Crippen LogP contribution >= 0.6 is 23.2 Å². The number of fused-ring (bicyclic) bond motifs is 4. The van der Waals surface area contributed by atoms with Gasteiger partial charge in [-0.3, -0.25) is 20.0 Å². The van der Waals surface area contributed by atoms with Crippen LogP contribution in [-0.4, -0.2) is 97.4 Å². The van der Waals surface area contributed by atoms with Crippen molar-refractivity contribution >= 4 is 59.7 Å². The van der Waals surface area contributed by atoms with Crippen molar-refractivity contribution in [1.29, 1.82) is 0 Å². The van der Waals surface area contributed by atoms with E-state index in [0.29, 0.717) is 58.5 Å². The van der Waals surface area contributed by atoms with Gasteiger partial charge < -0.3 is 20.0 Å². The minimum Gasteiger partial charge on any atom is -0.507 e. The summed E-state index contributed by atoms with van der Waals surface area (Å²) in [5, 5.41) is 22.9. The van der Waals surface area contributed by atoms with Gasteiger partial charge in [-0.15, -0.1) is 0 Å². The highest BCUT2D eigenvalue weighted by atomic mass is 35.5. The summed E-state index contributed by atoms with van der Waals surface area (Å²) >= 11 is 12.8. The molecule has 4 aromatic rings.